The van der Waals surface area contributed by atoms with Crippen molar-refractivity contribution in [3.8, 4) is 11.8 Å². The van der Waals surface area contributed by atoms with Crippen LogP contribution < -0.4 is 0 Å². The molecule has 7 heteroatoms. The first-order chi connectivity index (χ1) is 6.99. The van der Waals surface area contributed by atoms with Gasteiger partial charge in [-0.05, 0) is 11.6 Å². The van der Waals surface area contributed by atoms with Gasteiger partial charge in [-0.15, -0.1) is 0 Å². The summed E-state index contributed by atoms with van der Waals surface area (Å²) in [6.45, 7) is 0. The molecular weight excluding hydrogens is 230 g/mol. The summed E-state index contributed by atoms with van der Waals surface area (Å²) in [6, 6.07) is 1.41. The molecule has 1 rings (SSSR count). The molecule has 0 bridgehead atoms. The van der Waals surface area contributed by atoms with Crippen LogP contribution in [-0.4, -0.2) is 15.3 Å². The van der Waals surface area contributed by atoms with E-state index in [1.54, 1.807) is 0 Å². The van der Waals surface area contributed by atoms with Crippen LogP contribution >= 0.6 is 11.6 Å². The first kappa shape index (κ1) is 11.3. The molecule has 0 amide bonds. The number of aromatic nitrogens is 1. The SMILES string of the molecule is N#Cc1c(C(=O)Cl)cnc(C(F)F)c1O. The van der Waals surface area contributed by atoms with Gasteiger partial charge in [0.15, 0.2) is 5.75 Å². The number of pyridine rings is 1. The van der Waals surface area contributed by atoms with Crippen molar-refractivity contribution in [3.63, 3.8) is 0 Å². The minimum Gasteiger partial charge on any atom is -0.505 e. The minimum atomic E-state index is -3.03. The van der Waals surface area contributed by atoms with Crippen molar-refractivity contribution in [2.24, 2.45) is 0 Å². The average molecular weight is 233 g/mol. The fourth-order valence-electron chi connectivity index (χ4n) is 0.937. The number of alkyl halides is 2. The van der Waals surface area contributed by atoms with Crippen LogP contribution in [0, 0.1) is 11.3 Å². The maximum Gasteiger partial charge on any atom is 0.284 e. The molecule has 0 aliphatic heterocycles. The van der Waals surface area contributed by atoms with Crippen LogP contribution in [0.15, 0.2) is 6.20 Å². The zero-order valence-corrected chi connectivity index (χ0v) is 7.79. The molecule has 0 saturated carbocycles. The molecule has 0 aliphatic rings. The Morgan fingerprint density at radius 2 is 2.27 bits per heavy atom. The van der Waals surface area contributed by atoms with Crippen molar-refractivity contribution < 1.29 is 18.7 Å². The predicted octanol–water partition coefficient (Wildman–Crippen LogP) is 1.98. The summed E-state index contributed by atoms with van der Waals surface area (Å²) in [6.07, 6.45) is -2.30. The van der Waals surface area contributed by atoms with Gasteiger partial charge in [-0.3, -0.25) is 9.78 Å². The van der Waals surface area contributed by atoms with Crippen molar-refractivity contribution >= 4 is 16.8 Å². The minimum absolute atomic E-state index is 0.402. The standard InChI is InChI=1S/C8H3ClF2N2O2/c9-7(15)4-2-13-5(8(10)11)6(14)3(4)1-12/h2,8,14H. The molecule has 0 radical (unpaired) electrons. The first-order valence-corrected chi connectivity index (χ1v) is 3.96. The molecule has 0 atom stereocenters. The number of halogens is 3. The number of rotatable bonds is 2. The van der Waals surface area contributed by atoms with Crippen LogP contribution in [0.5, 0.6) is 5.75 Å². The Kier molecular flexibility index (Phi) is 3.17. The van der Waals surface area contributed by atoms with Crippen LogP contribution in [0.3, 0.4) is 0 Å². The van der Waals surface area contributed by atoms with E-state index in [1.807, 2.05) is 0 Å². The maximum absolute atomic E-state index is 12.2. The number of carbonyl (C=O) groups excluding carboxylic acids is 1. The molecule has 1 N–H and O–H groups in total. The molecule has 78 valence electrons. The Balaban J connectivity index is 3.48. The van der Waals surface area contributed by atoms with Gasteiger partial charge in [0.25, 0.3) is 11.7 Å². The van der Waals surface area contributed by atoms with E-state index < -0.39 is 34.2 Å². The number of nitrogens with zero attached hydrogens (tertiary/aromatic N) is 2. The molecule has 0 saturated heterocycles. The highest BCUT2D eigenvalue weighted by Crippen LogP contribution is 2.30. The third kappa shape index (κ3) is 2.02. The average Bonchev–Trinajstić information content (AvgIpc) is 2.16. The summed E-state index contributed by atoms with van der Waals surface area (Å²) >= 11 is 5.06. The second kappa shape index (κ2) is 4.19. The van der Waals surface area contributed by atoms with E-state index in [0.29, 0.717) is 0 Å². The molecule has 0 aliphatic carbocycles. The molecular formula is C8H3ClF2N2O2. The van der Waals surface area contributed by atoms with Crippen LogP contribution in [0.2, 0.25) is 0 Å². The van der Waals surface area contributed by atoms with Crippen molar-refractivity contribution in [3.05, 3.63) is 23.0 Å². The van der Waals surface area contributed by atoms with Gasteiger partial charge in [-0.2, -0.15) is 5.26 Å². The largest absolute Gasteiger partial charge is 0.505 e. The predicted molar refractivity (Wildman–Crippen MR) is 45.8 cm³/mol. The van der Waals surface area contributed by atoms with E-state index in [1.165, 1.54) is 6.07 Å². The summed E-state index contributed by atoms with van der Waals surface area (Å²) in [4.78, 5) is 13.9. The monoisotopic (exact) mass is 232 g/mol. The van der Waals surface area contributed by atoms with Gasteiger partial charge in [-0.1, -0.05) is 0 Å². The molecule has 1 heterocycles. The zero-order valence-electron chi connectivity index (χ0n) is 7.04. The normalized spacial score (nSPS) is 10.1. The molecule has 0 fully saturated rings. The van der Waals surface area contributed by atoms with Gasteiger partial charge < -0.3 is 5.11 Å². The number of nitriles is 1. The quantitative estimate of drug-likeness (QED) is 0.791. The van der Waals surface area contributed by atoms with Crippen molar-refractivity contribution in [1.82, 2.24) is 4.98 Å². The Labute approximate surface area is 87.7 Å². The van der Waals surface area contributed by atoms with Crippen LogP contribution in [0.4, 0.5) is 8.78 Å². The molecule has 1 aromatic heterocycles. The lowest BCUT2D eigenvalue weighted by Crippen LogP contribution is -2.01. The van der Waals surface area contributed by atoms with Gasteiger partial charge in [0.05, 0.1) is 5.56 Å². The third-order valence-electron chi connectivity index (χ3n) is 1.61. The highest BCUT2D eigenvalue weighted by atomic mass is 35.5. The van der Waals surface area contributed by atoms with Gasteiger partial charge in [0.2, 0.25) is 0 Å². The topological polar surface area (TPSA) is 74.0 Å². The van der Waals surface area contributed by atoms with Crippen LogP contribution in [0.25, 0.3) is 0 Å². The number of hydrogen-bond acceptors (Lipinski definition) is 4. The molecule has 0 spiro atoms. The fourth-order valence-corrected chi connectivity index (χ4v) is 1.08. The van der Waals surface area contributed by atoms with Gasteiger partial charge >= 0.3 is 0 Å². The van der Waals surface area contributed by atoms with Gasteiger partial charge in [0.1, 0.15) is 17.3 Å². The molecule has 1 aromatic rings. The highest BCUT2D eigenvalue weighted by Gasteiger charge is 2.22. The van der Waals surface area contributed by atoms with Gasteiger partial charge in [0, 0.05) is 6.20 Å². The smallest absolute Gasteiger partial charge is 0.284 e. The molecule has 0 aromatic carbocycles. The van der Waals surface area contributed by atoms with E-state index in [9.17, 15) is 18.7 Å². The van der Waals surface area contributed by atoms with Crippen LogP contribution in [-0.2, 0) is 0 Å². The van der Waals surface area contributed by atoms with Crippen molar-refractivity contribution in [2.75, 3.05) is 0 Å². The van der Waals surface area contributed by atoms with Crippen molar-refractivity contribution in [2.45, 2.75) is 6.43 Å². The second-order valence-electron chi connectivity index (χ2n) is 2.47. The zero-order chi connectivity index (χ0) is 11.6. The Morgan fingerprint density at radius 3 is 2.67 bits per heavy atom. The summed E-state index contributed by atoms with van der Waals surface area (Å²) in [5.41, 5.74) is -1.95. The summed E-state index contributed by atoms with van der Waals surface area (Å²) in [7, 11) is 0. The fraction of sp³-hybridized carbons (Fsp3) is 0.125. The number of aromatic hydroxyl groups is 1. The van der Waals surface area contributed by atoms with Crippen LogP contribution in [0.1, 0.15) is 28.0 Å². The van der Waals surface area contributed by atoms with Crippen molar-refractivity contribution in [1.29, 1.82) is 5.26 Å². The lowest BCUT2D eigenvalue weighted by atomic mass is 10.1. The summed E-state index contributed by atoms with van der Waals surface area (Å²) in [5, 5.41) is 16.7. The third-order valence-corrected chi connectivity index (χ3v) is 1.82. The Hall–Kier alpha value is -1.74. The van der Waals surface area contributed by atoms with E-state index >= 15 is 0 Å². The Morgan fingerprint density at radius 1 is 1.67 bits per heavy atom. The molecule has 15 heavy (non-hydrogen) atoms. The first-order valence-electron chi connectivity index (χ1n) is 3.59. The van der Waals surface area contributed by atoms with E-state index in [4.69, 9.17) is 16.9 Å². The summed E-state index contributed by atoms with van der Waals surface area (Å²) < 4.78 is 24.5. The van der Waals surface area contributed by atoms with E-state index in [-0.39, 0.29) is 0 Å². The van der Waals surface area contributed by atoms with Gasteiger partial charge in [-0.25, -0.2) is 8.78 Å². The lowest BCUT2D eigenvalue weighted by molar-refractivity contribution is 0.107. The highest BCUT2D eigenvalue weighted by molar-refractivity contribution is 6.68. The number of hydrogen-bond donors (Lipinski definition) is 1. The molecule has 4 nitrogen and oxygen atoms in total. The molecule has 0 unspecified atom stereocenters. The van der Waals surface area contributed by atoms with E-state index in [2.05, 4.69) is 4.98 Å². The van der Waals surface area contributed by atoms with E-state index in [0.717, 1.165) is 6.20 Å². The lowest BCUT2D eigenvalue weighted by Gasteiger charge is -2.05. The number of carbonyl (C=O) groups is 1. The summed E-state index contributed by atoms with van der Waals surface area (Å²) in [5.74, 6) is -1.01. The second-order valence-corrected chi connectivity index (χ2v) is 2.81. The maximum atomic E-state index is 12.2. The Bertz CT molecular complexity index is 457.